The van der Waals surface area contributed by atoms with E-state index in [1.807, 2.05) is 24.3 Å². The van der Waals surface area contributed by atoms with Crippen molar-refractivity contribution in [2.24, 2.45) is 5.10 Å². The molecule has 1 aromatic heterocycles. The molecule has 0 atom stereocenters. The molecule has 3 aromatic rings. The van der Waals surface area contributed by atoms with Crippen LogP contribution < -0.4 is 10.2 Å². The van der Waals surface area contributed by atoms with Crippen LogP contribution in [0, 0.1) is 0 Å². The number of rotatable bonds is 5. The number of halogens is 2. The van der Waals surface area contributed by atoms with Gasteiger partial charge in [-0.3, -0.25) is 9.78 Å². The van der Waals surface area contributed by atoms with Crippen LogP contribution in [0.3, 0.4) is 0 Å². The van der Waals surface area contributed by atoms with Crippen LogP contribution in [0.15, 0.2) is 62.7 Å². The Bertz CT molecular complexity index is 987. The van der Waals surface area contributed by atoms with Crippen molar-refractivity contribution >= 4 is 54.9 Å². The molecule has 26 heavy (non-hydrogen) atoms. The lowest BCUT2D eigenvalue weighted by Gasteiger charge is -2.07. The highest BCUT2D eigenvalue weighted by Crippen LogP contribution is 2.30. The molecule has 0 radical (unpaired) electrons. The molecule has 132 valence electrons. The molecule has 0 aliphatic rings. The molecule has 1 heterocycles. The number of hydrogen-bond donors (Lipinski definition) is 2. The van der Waals surface area contributed by atoms with Gasteiger partial charge in [0.15, 0.2) is 6.61 Å². The zero-order valence-electron chi connectivity index (χ0n) is 13.3. The van der Waals surface area contributed by atoms with E-state index >= 15 is 0 Å². The monoisotopic (exact) mass is 477 g/mol. The van der Waals surface area contributed by atoms with Gasteiger partial charge in [0.1, 0.15) is 17.0 Å². The highest BCUT2D eigenvalue weighted by molar-refractivity contribution is 9.11. The Morgan fingerprint density at radius 1 is 1.27 bits per heavy atom. The summed E-state index contributed by atoms with van der Waals surface area (Å²) in [7, 11) is 0. The molecule has 2 N–H and O–H groups in total. The number of hydrazone groups is 1. The summed E-state index contributed by atoms with van der Waals surface area (Å²) in [5, 5.41) is 14.7. The molecule has 0 saturated carbocycles. The van der Waals surface area contributed by atoms with Crippen LogP contribution in [0.2, 0.25) is 0 Å². The minimum atomic E-state index is -0.428. The van der Waals surface area contributed by atoms with Crippen molar-refractivity contribution < 1.29 is 14.6 Å². The molecule has 2 aromatic carbocycles. The predicted molar refractivity (Wildman–Crippen MR) is 106 cm³/mol. The molecule has 0 aliphatic heterocycles. The van der Waals surface area contributed by atoms with E-state index in [-0.39, 0.29) is 12.4 Å². The summed E-state index contributed by atoms with van der Waals surface area (Å²) in [6.07, 6.45) is 3.02. The van der Waals surface area contributed by atoms with E-state index < -0.39 is 5.91 Å². The van der Waals surface area contributed by atoms with Crippen molar-refractivity contribution in [2.45, 2.75) is 0 Å². The van der Waals surface area contributed by atoms with Gasteiger partial charge in [-0.05, 0) is 40.2 Å². The number of nitrogens with one attached hydrogen (secondary N) is 1. The highest BCUT2D eigenvalue weighted by Gasteiger charge is 2.07. The van der Waals surface area contributed by atoms with Crippen LogP contribution in [0.1, 0.15) is 5.56 Å². The number of carbonyl (C=O) groups is 1. The molecular formula is C18H13Br2N3O3. The number of hydrogen-bond acceptors (Lipinski definition) is 5. The summed E-state index contributed by atoms with van der Waals surface area (Å²) in [5.41, 5.74) is 3.50. The Morgan fingerprint density at radius 2 is 2.08 bits per heavy atom. The Kier molecular flexibility index (Phi) is 5.85. The molecule has 0 bridgehead atoms. The maximum absolute atomic E-state index is 11.9. The second-order valence-corrected chi connectivity index (χ2v) is 7.01. The average molecular weight is 479 g/mol. The van der Waals surface area contributed by atoms with Gasteiger partial charge in [-0.25, -0.2) is 5.43 Å². The largest absolute Gasteiger partial charge is 0.506 e. The number of phenols is 1. The highest BCUT2D eigenvalue weighted by atomic mass is 79.9. The van der Waals surface area contributed by atoms with Gasteiger partial charge in [-0.15, -0.1) is 0 Å². The standard InChI is InChI=1S/C18H13Br2N3O3/c19-13-7-12(18(25)14(20)8-13)9-22-23-16(24)10-26-15-5-1-3-11-4-2-6-21-17(11)15/h1-9,25H,10H2,(H,23,24)/b22-9+. The lowest BCUT2D eigenvalue weighted by molar-refractivity contribution is -0.123. The van der Waals surface area contributed by atoms with Crippen molar-refractivity contribution in [3.63, 3.8) is 0 Å². The molecule has 3 rings (SSSR count). The Hall–Kier alpha value is -2.45. The van der Waals surface area contributed by atoms with Gasteiger partial charge in [-0.1, -0.05) is 34.1 Å². The van der Waals surface area contributed by atoms with E-state index in [1.165, 1.54) is 6.21 Å². The van der Waals surface area contributed by atoms with Crippen molar-refractivity contribution in [2.75, 3.05) is 6.61 Å². The maximum atomic E-state index is 11.9. The number of fused-ring (bicyclic) bond motifs is 1. The summed E-state index contributed by atoms with van der Waals surface area (Å²) in [6, 6.07) is 12.6. The van der Waals surface area contributed by atoms with Crippen LogP contribution in [0.4, 0.5) is 0 Å². The molecule has 0 unspecified atom stereocenters. The second kappa shape index (κ2) is 8.29. The first-order valence-corrected chi connectivity index (χ1v) is 9.09. The minimum absolute atomic E-state index is 0.0317. The van der Waals surface area contributed by atoms with Gasteiger partial charge in [0.2, 0.25) is 0 Å². The van der Waals surface area contributed by atoms with Crippen LogP contribution in [0.25, 0.3) is 10.9 Å². The number of pyridine rings is 1. The quantitative estimate of drug-likeness (QED) is 0.429. The summed E-state index contributed by atoms with van der Waals surface area (Å²) >= 11 is 6.56. The lowest BCUT2D eigenvalue weighted by Crippen LogP contribution is -2.24. The number of nitrogens with zero attached hydrogens (tertiary/aromatic N) is 2. The third kappa shape index (κ3) is 4.39. The van der Waals surface area contributed by atoms with E-state index in [1.54, 1.807) is 24.4 Å². The van der Waals surface area contributed by atoms with Crippen molar-refractivity contribution in [1.29, 1.82) is 0 Å². The first-order valence-electron chi connectivity index (χ1n) is 7.51. The third-order valence-electron chi connectivity index (χ3n) is 3.41. The molecule has 8 heteroatoms. The minimum Gasteiger partial charge on any atom is -0.506 e. The fraction of sp³-hybridized carbons (Fsp3) is 0.0556. The normalized spacial score (nSPS) is 11.0. The number of phenolic OH excluding ortho intramolecular Hbond substituents is 1. The zero-order chi connectivity index (χ0) is 18.5. The van der Waals surface area contributed by atoms with E-state index in [0.717, 1.165) is 9.86 Å². The van der Waals surface area contributed by atoms with Gasteiger partial charge in [0, 0.05) is 21.6 Å². The van der Waals surface area contributed by atoms with E-state index in [2.05, 4.69) is 47.4 Å². The van der Waals surface area contributed by atoms with E-state index in [4.69, 9.17) is 4.74 Å². The van der Waals surface area contributed by atoms with Crippen LogP contribution in [0.5, 0.6) is 11.5 Å². The third-order valence-corrected chi connectivity index (χ3v) is 4.47. The van der Waals surface area contributed by atoms with Crippen LogP contribution in [-0.2, 0) is 4.79 Å². The second-order valence-electron chi connectivity index (χ2n) is 5.24. The topological polar surface area (TPSA) is 83.8 Å². The van der Waals surface area contributed by atoms with Crippen LogP contribution >= 0.6 is 31.9 Å². The number of benzene rings is 2. The molecule has 0 saturated heterocycles. The van der Waals surface area contributed by atoms with Crippen LogP contribution in [-0.4, -0.2) is 28.8 Å². The predicted octanol–water partition coefficient (Wildman–Crippen LogP) is 3.99. The average Bonchev–Trinajstić information content (AvgIpc) is 2.63. The molecule has 6 nitrogen and oxygen atoms in total. The van der Waals surface area contributed by atoms with E-state index in [0.29, 0.717) is 21.3 Å². The van der Waals surface area contributed by atoms with Gasteiger partial charge < -0.3 is 9.84 Å². The number of carbonyl (C=O) groups excluding carboxylic acids is 1. The lowest BCUT2D eigenvalue weighted by atomic mass is 10.2. The molecule has 1 amide bonds. The Morgan fingerprint density at radius 3 is 2.92 bits per heavy atom. The van der Waals surface area contributed by atoms with Gasteiger partial charge in [0.25, 0.3) is 5.91 Å². The fourth-order valence-electron chi connectivity index (χ4n) is 2.23. The summed E-state index contributed by atoms with van der Waals surface area (Å²) in [6.45, 7) is -0.207. The SMILES string of the molecule is O=C(COc1cccc2cccnc12)N/N=C/c1cc(Br)cc(Br)c1O. The summed E-state index contributed by atoms with van der Waals surface area (Å²) < 4.78 is 6.82. The number of aromatic hydroxyl groups is 1. The maximum Gasteiger partial charge on any atom is 0.277 e. The summed E-state index contributed by atoms with van der Waals surface area (Å²) in [5.74, 6) is 0.128. The zero-order valence-corrected chi connectivity index (χ0v) is 16.5. The molecule has 0 spiro atoms. The molecule has 0 aliphatic carbocycles. The van der Waals surface area contributed by atoms with Crippen molar-refractivity contribution in [3.8, 4) is 11.5 Å². The fourth-order valence-corrected chi connectivity index (χ4v) is 3.48. The number of ether oxygens (including phenoxy) is 1. The van der Waals surface area contributed by atoms with Crippen molar-refractivity contribution in [3.05, 3.63) is 63.2 Å². The Labute approximate surface area is 166 Å². The summed E-state index contributed by atoms with van der Waals surface area (Å²) in [4.78, 5) is 16.2. The number of aromatic nitrogens is 1. The van der Waals surface area contributed by atoms with Gasteiger partial charge >= 0.3 is 0 Å². The first-order chi connectivity index (χ1) is 12.5. The smallest absolute Gasteiger partial charge is 0.277 e. The Balaban J connectivity index is 1.61. The number of para-hydroxylation sites is 1. The molecule has 0 fully saturated rings. The first kappa shape index (κ1) is 18.3. The molecular weight excluding hydrogens is 466 g/mol. The van der Waals surface area contributed by atoms with Gasteiger partial charge in [-0.2, -0.15) is 5.10 Å². The van der Waals surface area contributed by atoms with Gasteiger partial charge in [0.05, 0.1) is 10.7 Å². The van der Waals surface area contributed by atoms with Crippen molar-refractivity contribution in [1.82, 2.24) is 10.4 Å². The van der Waals surface area contributed by atoms with E-state index in [9.17, 15) is 9.90 Å². The number of amides is 1.